The zero-order valence-electron chi connectivity index (χ0n) is 12.7. The zero-order valence-corrected chi connectivity index (χ0v) is 12.7. The fourth-order valence-corrected chi connectivity index (χ4v) is 2.95. The molecule has 0 saturated carbocycles. The van der Waals surface area contributed by atoms with Gasteiger partial charge in [-0.3, -0.25) is 4.79 Å². The molecular formula is C17H26N2O. The first kappa shape index (κ1) is 14.9. The van der Waals surface area contributed by atoms with E-state index in [0.717, 1.165) is 50.0 Å². The second-order valence-corrected chi connectivity index (χ2v) is 5.63. The van der Waals surface area contributed by atoms with Gasteiger partial charge < -0.3 is 10.6 Å². The van der Waals surface area contributed by atoms with Gasteiger partial charge in [0.1, 0.15) is 0 Å². The molecule has 3 heteroatoms. The highest BCUT2D eigenvalue weighted by Crippen LogP contribution is 2.30. The Kier molecular flexibility index (Phi) is 5.45. The van der Waals surface area contributed by atoms with E-state index in [-0.39, 0.29) is 11.8 Å². The molecule has 0 bridgehead atoms. The number of para-hydroxylation sites is 1. The summed E-state index contributed by atoms with van der Waals surface area (Å²) in [6, 6.07) is 6.19. The number of carbonyl (C=O) groups excluding carboxylic acids is 1. The molecular weight excluding hydrogens is 248 g/mol. The predicted octanol–water partition coefficient (Wildman–Crippen LogP) is 4.20. The average Bonchev–Trinajstić information content (AvgIpc) is 2.47. The van der Waals surface area contributed by atoms with Crippen molar-refractivity contribution in [2.75, 3.05) is 17.2 Å². The molecule has 0 fully saturated rings. The van der Waals surface area contributed by atoms with Crippen molar-refractivity contribution in [2.45, 2.75) is 52.4 Å². The van der Waals surface area contributed by atoms with Gasteiger partial charge in [-0.25, -0.2) is 0 Å². The van der Waals surface area contributed by atoms with Gasteiger partial charge in [-0.2, -0.15) is 0 Å². The van der Waals surface area contributed by atoms with Crippen LogP contribution in [-0.2, 0) is 11.2 Å². The maximum Gasteiger partial charge on any atom is 0.227 e. The highest BCUT2D eigenvalue weighted by atomic mass is 16.1. The topological polar surface area (TPSA) is 41.1 Å². The first-order valence-corrected chi connectivity index (χ1v) is 7.92. The van der Waals surface area contributed by atoms with Gasteiger partial charge in [0.15, 0.2) is 0 Å². The molecule has 0 saturated heterocycles. The van der Waals surface area contributed by atoms with Crippen LogP contribution in [-0.4, -0.2) is 12.5 Å². The number of anilines is 2. The third-order valence-electron chi connectivity index (χ3n) is 3.98. The van der Waals surface area contributed by atoms with Crippen LogP contribution in [0.5, 0.6) is 0 Å². The summed E-state index contributed by atoms with van der Waals surface area (Å²) >= 11 is 0. The quantitative estimate of drug-likeness (QED) is 0.816. The third kappa shape index (κ3) is 3.53. The maximum absolute atomic E-state index is 12.4. The highest BCUT2D eigenvalue weighted by Gasteiger charge is 2.19. The van der Waals surface area contributed by atoms with Crippen molar-refractivity contribution in [3.8, 4) is 0 Å². The standard InChI is InChI=1S/C17H26N2O/c1-3-7-14(8-4-2)17(20)19-15-11-5-9-13-10-6-12-18-16(13)15/h5,9,11,14,18H,3-4,6-8,10,12H2,1-2H3,(H,19,20). The number of hydrogen-bond donors (Lipinski definition) is 2. The van der Waals surface area contributed by atoms with Gasteiger partial charge in [0.2, 0.25) is 5.91 Å². The molecule has 110 valence electrons. The number of rotatable bonds is 6. The molecule has 2 rings (SSSR count). The zero-order chi connectivity index (χ0) is 14.4. The van der Waals surface area contributed by atoms with E-state index in [2.05, 4.69) is 30.5 Å². The van der Waals surface area contributed by atoms with Crippen LogP contribution >= 0.6 is 0 Å². The van der Waals surface area contributed by atoms with E-state index < -0.39 is 0 Å². The monoisotopic (exact) mass is 274 g/mol. The second-order valence-electron chi connectivity index (χ2n) is 5.63. The van der Waals surface area contributed by atoms with E-state index in [1.165, 1.54) is 12.0 Å². The van der Waals surface area contributed by atoms with E-state index in [1.807, 2.05) is 12.1 Å². The Morgan fingerprint density at radius 2 is 2.05 bits per heavy atom. The van der Waals surface area contributed by atoms with Crippen LogP contribution in [0, 0.1) is 5.92 Å². The predicted molar refractivity (Wildman–Crippen MR) is 85.2 cm³/mol. The van der Waals surface area contributed by atoms with Crippen molar-refractivity contribution in [2.24, 2.45) is 5.92 Å². The Balaban J connectivity index is 2.10. The van der Waals surface area contributed by atoms with Crippen LogP contribution in [0.2, 0.25) is 0 Å². The molecule has 0 radical (unpaired) electrons. The highest BCUT2D eigenvalue weighted by molar-refractivity contribution is 5.96. The van der Waals surface area contributed by atoms with Crippen molar-refractivity contribution >= 4 is 17.3 Å². The van der Waals surface area contributed by atoms with Gasteiger partial charge in [-0.1, -0.05) is 38.8 Å². The molecule has 1 aliphatic rings. The van der Waals surface area contributed by atoms with E-state index in [0.29, 0.717) is 0 Å². The molecule has 2 N–H and O–H groups in total. The lowest BCUT2D eigenvalue weighted by molar-refractivity contribution is -0.120. The van der Waals surface area contributed by atoms with Gasteiger partial charge in [0.25, 0.3) is 0 Å². The summed E-state index contributed by atoms with van der Waals surface area (Å²) < 4.78 is 0. The van der Waals surface area contributed by atoms with Gasteiger partial charge in [0.05, 0.1) is 11.4 Å². The van der Waals surface area contributed by atoms with E-state index in [1.54, 1.807) is 0 Å². The molecule has 20 heavy (non-hydrogen) atoms. The minimum absolute atomic E-state index is 0.143. The van der Waals surface area contributed by atoms with E-state index in [9.17, 15) is 4.79 Å². The van der Waals surface area contributed by atoms with Gasteiger partial charge >= 0.3 is 0 Å². The normalized spacial score (nSPS) is 13.8. The van der Waals surface area contributed by atoms with Crippen molar-refractivity contribution in [3.63, 3.8) is 0 Å². The molecule has 1 heterocycles. The summed E-state index contributed by atoms with van der Waals surface area (Å²) in [7, 11) is 0. The Labute approximate surface area is 122 Å². The van der Waals surface area contributed by atoms with Crippen LogP contribution < -0.4 is 10.6 Å². The van der Waals surface area contributed by atoms with Crippen molar-refractivity contribution in [3.05, 3.63) is 23.8 Å². The molecule has 1 aromatic carbocycles. The van der Waals surface area contributed by atoms with Crippen molar-refractivity contribution < 1.29 is 4.79 Å². The summed E-state index contributed by atoms with van der Waals surface area (Å²) in [6.07, 6.45) is 6.33. The summed E-state index contributed by atoms with van der Waals surface area (Å²) in [6.45, 7) is 5.27. The number of amides is 1. The first-order valence-electron chi connectivity index (χ1n) is 7.92. The van der Waals surface area contributed by atoms with Crippen LogP contribution in [0.4, 0.5) is 11.4 Å². The molecule has 0 atom stereocenters. The smallest absolute Gasteiger partial charge is 0.227 e. The third-order valence-corrected chi connectivity index (χ3v) is 3.98. The summed E-state index contributed by atoms with van der Waals surface area (Å²) in [5.74, 6) is 0.318. The van der Waals surface area contributed by atoms with E-state index in [4.69, 9.17) is 0 Å². The molecule has 1 aromatic rings. The molecule has 0 unspecified atom stereocenters. The summed E-state index contributed by atoms with van der Waals surface area (Å²) in [5, 5.41) is 6.56. The molecule has 0 aliphatic carbocycles. The second kappa shape index (κ2) is 7.32. The van der Waals surface area contributed by atoms with Crippen LogP contribution in [0.15, 0.2) is 18.2 Å². The number of nitrogens with one attached hydrogen (secondary N) is 2. The molecule has 0 aromatic heterocycles. The largest absolute Gasteiger partial charge is 0.383 e. The number of hydrogen-bond acceptors (Lipinski definition) is 2. The van der Waals surface area contributed by atoms with Gasteiger partial charge in [-0.15, -0.1) is 0 Å². The van der Waals surface area contributed by atoms with Gasteiger partial charge in [0, 0.05) is 12.5 Å². The molecule has 1 amide bonds. The minimum atomic E-state index is 0.143. The lowest BCUT2D eigenvalue weighted by atomic mass is 9.96. The van der Waals surface area contributed by atoms with E-state index >= 15 is 0 Å². The Morgan fingerprint density at radius 3 is 2.75 bits per heavy atom. The number of fused-ring (bicyclic) bond motifs is 1. The lowest BCUT2D eigenvalue weighted by Gasteiger charge is -2.23. The summed E-state index contributed by atoms with van der Waals surface area (Å²) in [4.78, 5) is 12.4. The lowest BCUT2D eigenvalue weighted by Crippen LogP contribution is -2.24. The Hall–Kier alpha value is -1.51. The number of carbonyl (C=O) groups is 1. The summed E-state index contributed by atoms with van der Waals surface area (Å²) in [5.41, 5.74) is 3.39. The van der Waals surface area contributed by atoms with Crippen molar-refractivity contribution in [1.29, 1.82) is 0 Å². The van der Waals surface area contributed by atoms with Crippen LogP contribution in [0.3, 0.4) is 0 Å². The Bertz CT molecular complexity index is 450. The maximum atomic E-state index is 12.4. The molecule has 1 aliphatic heterocycles. The van der Waals surface area contributed by atoms with Crippen molar-refractivity contribution in [1.82, 2.24) is 0 Å². The fourth-order valence-electron chi connectivity index (χ4n) is 2.95. The number of benzene rings is 1. The first-order chi connectivity index (χ1) is 9.76. The van der Waals surface area contributed by atoms with Crippen LogP contribution in [0.25, 0.3) is 0 Å². The minimum Gasteiger partial charge on any atom is -0.383 e. The fraction of sp³-hybridized carbons (Fsp3) is 0.588. The number of aryl methyl sites for hydroxylation is 1. The average molecular weight is 274 g/mol. The Morgan fingerprint density at radius 1 is 1.30 bits per heavy atom. The SMILES string of the molecule is CCCC(CCC)C(=O)Nc1cccc2c1NCCC2. The van der Waals surface area contributed by atoms with Crippen LogP contribution in [0.1, 0.15) is 51.5 Å². The molecule has 3 nitrogen and oxygen atoms in total. The molecule has 0 spiro atoms. The van der Waals surface area contributed by atoms with Gasteiger partial charge in [-0.05, 0) is 37.3 Å².